The highest BCUT2D eigenvalue weighted by atomic mass is 32.1. The smallest absolute Gasteiger partial charge is 0.365 e. The number of hydrogen-bond donors (Lipinski definition) is 1. The molecule has 66 valence electrons. The summed E-state index contributed by atoms with van der Waals surface area (Å²) in [6, 6.07) is 10.6. The minimum Gasteiger partial charge on any atom is -0.434 e. The highest BCUT2D eigenvalue weighted by Crippen LogP contribution is 2.16. The van der Waals surface area contributed by atoms with E-state index in [0.717, 1.165) is 0 Å². The maximum Gasteiger partial charge on any atom is 0.365 e. The Morgan fingerprint density at radius 1 is 1.46 bits per heavy atom. The molecule has 0 spiro atoms. The van der Waals surface area contributed by atoms with Gasteiger partial charge in [0, 0.05) is 5.56 Å². The molecule has 1 aromatic rings. The van der Waals surface area contributed by atoms with Crippen LogP contribution in [-0.2, 0) is 4.74 Å². The van der Waals surface area contributed by atoms with Gasteiger partial charge in [0.15, 0.2) is 0 Å². The molecule has 0 aliphatic carbocycles. The Bertz CT molecular complexity index is 331. The van der Waals surface area contributed by atoms with Gasteiger partial charge in [0.25, 0.3) is 0 Å². The molecule has 0 aliphatic heterocycles. The Labute approximate surface area is 81.3 Å². The summed E-state index contributed by atoms with van der Waals surface area (Å²) in [6.07, 6.45) is -0.869. The maximum atomic E-state index is 10.5. The van der Waals surface area contributed by atoms with E-state index in [2.05, 4.69) is 17.4 Å². The van der Waals surface area contributed by atoms with Crippen molar-refractivity contribution >= 4 is 17.9 Å². The van der Waals surface area contributed by atoms with Crippen molar-refractivity contribution < 1.29 is 9.53 Å². The Morgan fingerprint density at radius 3 is 2.54 bits per heavy atom. The molecule has 0 amide bonds. The summed E-state index contributed by atoms with van der Waals surface area (Å²) in [5, 5.41) is 7.91. The molecule has 0 heterocycles. The van der Waals surface area contributed by atoms with E-state index >= 15 is 0 Å². The van der Waals surface area contributed by atoms with Crippen molar-refractivity contribution in [3.05, 3.63) is 35.9 Å². The lowest BCUT2D eigenvalue weighted by Crippen LogP contribution is -2.03. The molecular formula is C9H7NO2S. The van der Waals surface area contributed by atoms with Crippen molar-refractivity contribution in [2.75, 3.05) is 0 Å². The van der Waals surface area contributed by atoms with Crippen molar-refractivity contribution in [1.82, 2.24) is 0 Å². The highest BCUT2D eigenvalue weighted by Gasteiger charge is 2.12. The lowest BCUT2D eigenvalue weighted by atomic mass is 10.1. The zero-order valence-corrected chi connectivity index (χ0v) is 7.57. The van der Waals surface area contributed by atoms with Gasteiger partial charge in [-0.15, -0.1) is 0 Å². The van der Waals surface area contributed by atoms with Gasteiger partial charge in [-0.05, 0) is 0 Å². The van der Waals surface area contributed by atoms with Gasteiger partial charge < -0.3 is 4.74 Å². The second-order valence-electron chi connectivity index (χ2n) is 2.30. The first-order chi connectivity index (χ1) is 6.24. The summed E-state index contributed by atoms with van der Waals surface area (Å²) >= 11 is 3.43. The number of benzene rings is 1. The van der Waals surface area contributed by atoms with E-state index in [1.165, 1.54) is 0 Å². The molecule has 0 saturated carbocycles. The summed E-state index contributed by atoms with van der Waals surface area (Å²) in [5.41, 5.74) is 0.646. The van der Waals surface area contributed by atoms with Gasteiger partial charge in [0.2, 0.25) is 6.10 Å². The fourth-order valence-electron chi connectivity index (χ4n) is 0.898. The number of rotatable bonds is 2. The second kappa shape index (κ2) is 4.53. The monoisotopic (exact) mass is 193 g/mol. The van der Waals surface area contributed by atoms with Crippen LogP contribution in [0.3, 0.4) is 0 Å². The van der Waals surface area contributed by atoms with E-state index in [0.29, 0.717) is 5.56 Å². The Kier molecular flexibility index (Phi) is 3.35. The Balaban J connectivity index is 2.80. The molecule has 0 bridgehead atoms. The first-order valence-corrected chi connectivity index (χ1v) is 4.03. The van der Waals surface area contributed by atoms with Crippen LogP contribution in [0.2, 0.25) is 0 Å². The number of thiol groups is 1. The van der Waals surface area contributed by atoms with Gasteiger partial charge in [0.05, 0.1) is 0 Å². The normalized spacial score (nSPS) is 11.4. The maximum absolute atomic E-state index is 10.5. The first-order valence-electron chi connectivity index (χ1n) is 3.58. The van der Waals surface area contributed by atoms with Crippen LogP contribution in [0.1, 0.15) is 11.7 Å². The topological polar surface area (TPSA) is 50.1 Å². The van der Waals surface area contributed by atoms with Crippen LogP contribution in [0.15, 0.2) is 30.3 Å². The Morgan fingerprint density at radius 2 is 2.08 bits per heavy atom. The van der Waals surface area contributed by atoms with E-state index in [4.69, 9.17) is 5.26 Å². The van der Waals surface area contributed by atoms with Crippen LogP contribution >= 0.6 is 12.6 Å². The third kappa shape index (κ3) is 2.80. The van der Waals surface area contributed by atoms with E-state index in [1.54, 1.807) is 24.3 Å². The SMILES string of the molecule is N#CC(OC(=O)S)c1ccccc1. The standard InChI is InChI=1S/C9H7NO2S/c10-6-8(12-9(11)13)7-4-2-1-3-5-7/h1-5,8H,(H,11,13). The summed E-state index contributed by atoms with van der Waals surface area (Å²) in [5.74, 6) is 0. The molecular weight excluding hydrogens is 186 g/mol. The molecule has 0 aromatic heterocycles. The van der Waals surface area contributed by atoms with Gasteiger partial charge in [-0.3, -0.25) is 0 Å². The zero-order chi connectivity index (χ0) is 9.68. The fraction of sp³-hybridized carbons (Fsp3) is 0.111. The van der Waals surface area contributed by atoms with E-state index < -0.39 is 11.4 Å². The third-order valence-corrected chi connectivity index (χ3v) is 1.54. The predicted octanol–water partition coefficient (Wildman–Crippen LogP) is 2.32. The molecule has 13 heavy (non-hydrogen) atoms. The second-order valence-corrected chi connectivity index (χ2v) is 2.67. The van der Waals surface area contributed by atoms with Crippen LogP contribution in [0.5, 0.6) is 0 Å². The number of ether oxygens (including phenoxy) is 1. The van der Waals surface area contributed by atoms with Gasteiger partial charge in [0.1, 0.15) is 6.07 Å². The predicted molar refractivity (Wildman–Crippen MR) is 50.3 cm³/mol. The average molecular weight is 193 g/mol. The molecule has 1 atom stereocenters. The minimum atomic E-state index is -0.869. The van der Waals surface area contributed by atoms with Crippen molar-refractivity contribution in [3.8, 4) is 6.07 Å². The zero-order valence-electron chi connectivity index (χ0n) is 6.68. The van der Waals surface area contributed by atoms with Crippen LogP contribution in [0.4, 0.5) is 4.79 Å². The van der Waals surface area contributed by atoms with E-state index in [1.807, 2.05) is 12.1 Å². The molecule has 1 rings (SSSR count). The largest absolute Gasteiger partial charge is 0.434 e. The molecule has 0 N–H and O–H groups in total. The summed E-state index contributed by atoms with van der Waals surface area (Å²) in [4.78, 5) is 10.5. The number of carbonyl (C=O) groups excluding carboxylic acids is 1. The van der Waals surface area contributed by atoms with Crippen LogP contribution in [0.25, 0.3) is 0 Å². The van der Waals surface area contributed by atoms with E-state index in [9.17, 15) is 4.79 Å². The van der Waals surface area contributed by atoms with Crippen molar-refractivity contribution in [2.24, 2.45) is 0 Å². The van der Waals surface area contributed by atoms with Crippen molar-refractivity contribution in [2.45, 2.75) is 6.10 Å². The average Bonchev–Trinajstić information content (AvgIpc) is 2.15. The third-order valence-electron chi connectivity index (χ3n) is 1.44. The van der Waals surface area contributed by atoms with Gasteiger partial charge in [-0.2, -0.15) is 5.26 Å². The van der Waals surface area contributed by atoms with Gasteiger partial charge in [-0.1, -0.05) is 43.0 Å². The van der Waals surface area contributed by atoms with Crippen LogP contribution in [0, 0.1) is 11.3 Å². The summed E-state index contributed by atoms with van der Waals surface area (Å²) in [7, 11) is 0. The summed E-state index contributed by atoms with van der Waals surface area (Å²) in [6.45, 7) is 0. The molecule has 1 aromatic carbocycles. The lowest BCUT2D eigenvalue weighted by molar-refractivity contribution is 0.151. The molecule has 3 nitrogen and oxygen atoms in total. The number of hydrogen-bond acceptors (Lipinski definition) is 3. The van der Waals surface area contributed by atoms with Crippen molar-refractivity contribution in [3.63, 3.8) is 0 Å². The summed E-state index contributed by atoms with van der Waals surface area (Å²) < 4.78 is 4.65. The van der Waals surface area contributed by atoms with Crippen molar-refractivity contribution in [1.29, 1.82) is 5.26 Å². The highest BCUT2D eigenvalue weighted by molar-refractivity contribution is 7.96. The van der Waals surface area contributed by atoms with Crippen LogP contribution in [-0.4, -0.2) is 5.30 Å². The van der Waals surface area contributed by atoms with Crippen LogP contribution < -0.4 is 0 Å². The molecule has 0 radical (unpaired) electrons. The number of nitriles is 1. The number of nitrogens with zero attached hydrogens (tertiary/aromatic N) is 1. The van der Waals surface area contributed by atoms with E-state index in [-0.39, 0.29) is 0 Å². The fourth-order valence-corrected chi connectivity index (χ4v) is 1.00. The molecule has 0 aliphatic rings. The molecule has 1 unspecified atom stereocenters. The van der Waals surface area contributed by atoms with Gasteiger partial charge in [-0.25, -0.2) is 4.79 Å². The minimum absolute atomic E-state index is 0.646. The molecule has 0 fully saturated rings. The lowest BCUT2D eigenvalue weighted by Gasteiger charge is -2.07. The molecule has 4 heteroatoms. The molecule has 0 saturated heterocycles. The quantitative estimate of drug-likeness (QED) is 0.579. The number of carbonyl (C=O) groups is 1. The Hall–Kier alpha value is -1.47. The first kappa shape index (κ1) is 9.62. The van der Waals surface area contributed by atoms with Gasteiger partial charge >= 0.3 is 5.30 Å².